The number of halogens is 3. The number of benzene rings is 1. The summed E-state index contributed by atoms with van der Waals surface area (Å²) in [5.41, 5.74) is 0.274. The van der Waals surface area contributed by atoms with Crippen LogP contribution in [-0.4, -0.2) is 68.5 Å². The van der Waals surface area contributed by atoms with Crippen LogP contribution in [0.5, 0.6) is 0 Å². The molecule has 0 aromatic heterocycles. The number of ether oxygens (including phenoxy) is 1. The molecule has 0 N–H and O–H groups in total. The van der Waals surface area contributed by atoms with Gasteiger partial charge in [0.1, 0.15) is 0 Å². The summed E-state index contributed by atoms with van der Waals surface area (Å²) < 4.78 is 67.7. The van der Waals surface area contributed by atoms with Crippen molar-refractivity contribution in [1.29, 1.82) is 0 Å². The fourth-order valence-corrected chi connectivity index (χ4v) is 3.73. The highest BCUT2D eigenvalue weighted by Crippen LogP contribution is 2.24. The van der Waals surface area contributed by atoms with Crippen molar-refractivity contribution in [1.82, 2.24) is 9.21 Å². The number of rotatable bonds is 4. The van der Waals surface area contributed by atoms with Crippen molar-refractivity contribution >= 4 is 28.1 Å². The smallest absolute Gasteiger partial charge is 0.429 e. The summed E-state index contributed by atoms with van der Waals surface area (Å²) in [5, 5.41) is 0. The molecule has 0 saturated carbocycles. The van der Waals surface area contributed by atoms with E-state index in [1.54, 1.807) is 0 Å². The number of aldehydes is 1. The zero-order chi connectivity index (χ0) is 20.2. The van der Waals surface area contributed by atoms with E-state index < -0.39 is 34.7 Å². The first-order valence-corrected chi connectivity index (χ1v) is 8.99. The highest BCUT2D eigenvalue weighted by atomic mass is 32.2. The molecule has 1 saturated heterocycles. The summed E-state index contributed by atoms with van der Waals surface area (Å²) in [6, 6.07) is 5.26. The number of hydrogen-bond acceptors (Lipinski definition) is 5. The minimum Gasteiger partial charge on any atom is -0.429 e. The molecule has 1 unspecified atom stereocenters. The van der Waals surface area contributed by atoms with Gasteiger partial charge in [-0.3, -0.25) is 4.79 Å². The van der Waals surface area contributed by atoms with Gasteiger partial charge in [-0.25, -0.2) is 18.1 Å². The molecule has 8 nitrogen and oxygen atoms in total. The van der Waals surface area contributed by atoms with Crippen molar-refractivity contribution in [2.24, 2.45) is 0 Å². The van der Waals surface area contributed by atoms with Gasteiger partial charge >= 0.3 is 12.3 Å². The van der Waals surface area contributed by atoms with Gasteiger partial charge in [-0.15, -0.1) is 0 Å². The molecule has 1 aromatic rings. The molecule has 0 spiro atoms. The molecule has 12 heteroatoms. The summed E-state index contributed by atoms with van der Waals surface area (Å²) in [6.07, 6.45) is -9.75. The van der Waals surface area contributed by atoms with Crippen molar-refractivity contribution in [2.75, 3.05) is 26.2 Å². The molecule has 27 heavy (non-hydrogen) atoms. The van der Waals surface area contributed by atoms with E-state index in [-0.39, 0.29) is 36.8 Å². The lowest BCUT2D eigenvalue weighted by Gasteiger charge is -2.33. The van der Waals surface area contributed by atoms with Crippen LogP contribution in [0.4, 0.5) is 23.7 Å². The Hall–Kier alpha value is -2.65. The number of nitrogens with zero attached hydrogens (tertiary/aromatic N) is 3. The van der Waals surface area contributed by atoms with Crippen molar-refractivity contribution in [2.45, 2.75) is 17.2 Å². The van der Waals surface area contributed by atoms with Gasteiger partial charge in [0, 0.05) is 26.2 Å². The normalized spacial score (nSPS) is 17.0. The fraction of sp³-hybridized carbons (Fsp3) is 0.400. The van der Waals surface area contributed by atoms with E-state index in [4.69, 9.17) is 6.57 Å². The predicted molar refractivity (Wildman–Crippen MR) is 85.4 cm³/mol. The van der Waals surface area contributed by atoms with Gasteiger partial charge in [0.25, 0.3) is 6.10 Å². The molecular formula is C15H14F3N3O5S. The Labute approximate surface area is 153 Å². The third-order valence-corrected chi connectivity index (χ3v) is 5.69. The van der Waals surface area contributed by atoms with Gasteiger partial charge in [0.05, 0.1) is 11.5 Å². The molecule has 146 valence electrons. The molecule has 1 aliphatic rings. The number of carbonyl (C=O) groups excluding carboxylic acids is 2. The molecule has 0 bridgehead atoms. The van der Waals surface area contributed by atoms with Crippen LogP contribution in [0, 0.1) is 6.57 Å². The quantitative estimate of drug-likeness (QED) is 0.563. The largest absolute Gasteiger partial charge is 0.432 e. The Kier molecular flexibility index (Phi) is 6.07. The summed E-state index contributed by atoms with van der Waals surface area (Å²) in [6.45, 7) is 6.16. The molecule has 0 radical (unpaired) electrons. The van der Waals surface area contributed by atoms with Gasteiger partial charge in [-0.05, 0) is 0 Å². The van der Waals surface area contributed by atoms with Crippen molar-refractivity contribution in [3.8, 4) is 0 Å². The number of sulfonamides is 1. The molecule has 0 aliphatic carbocycles. The van der Waals surface area contributed by atoms with Crippen molar-refractivity contribution < 1.29 is 35.9 Å². The van der Waals surface area contributed by atoms with E-state index in [1.165, 1.54) is 24.3 Å². The van der Waals surface area contributed by atoms with E-state index in [9.17, 15) is 31.2 Å². The van der Waals surface area contributed by atoms with Crippen LogP contribution in [0.25, 0.3) is 4.85 Å². The van der Waals surface area contributed by atoms with Crippen LogP contribution >= 0.6 is 0 Å². The third-order valence-electron chi connectivity index (χ3n) is 3.77. The zero-order valence-electron chi connectivity index (χ0n) is 13.7. The van der Waals surface area contributed by atoms with E-state index in [0.29, 0.717) is 0 Å². The lowest BCUT2D eigenvalue weighted by molar-refractivity contribution is -0.199. The Morgan fingerprint density at radius 3 is 2.19 bits per heavy atom. The fourth-order valence-electron chi connectivity index (χ4n) is 2.31. The Bertz CT molecular complexity index is 841. The molecule has 1 atom stereocenters. The maximum absolute atomic E-state index is 12.5. The predicted octanol–water partition coefficient (Wildman–Crippen LogP) is 1.81. The maximum atomic E-state index is 12.5. The van der Waals surface area contributed by atoms with Crippen molar-refractivity contribution in [3.63, 3.8) is 0 Å². The highest BCUT2D eigenvalue weighted by Gasteiger charge is 2.44. The second-order valence-electron chi connectivity index (χ2n) is 5.48. The molecule has 1 aliphatic heterocycles. The van der Waals surface area contributed by atoms with E-state index in [1.807, 2.05) is 0 Å². The summed E-state index contributed by atoms with van der Waals surface area (Å²) in [5.74, 6) is 0. The standard InChI is InChI=1S/C15H14F3N3O5S/c1-19-11-2-4-12(5-3-11)27(24,25)21-8-6-20(7-9-21)14(23)26-13(10-22)15(16,17)18/h2-5,10,13H,6-9H2. The monoisotopic (exact) mass is 405 g/mol. The van der Waals surface area contributed by atoms with Gasteiger partial charge in [-0.1, -0.05) is 24.3 Å². The first-order chi connectivity index (χ1) is 12.6. The summed E-state index contributed by atoms with van der Waals surface area (Å²) in [7, 11) is -3.87. The molecule has 2 rings (SSSR count). The zero-order valence-corrected chi connectivity index (χ0v) is 14.5. The second kappa shape index (κ2) is 7.93. The molecule has 1 amide bonds. The van der Waals surface area contributed by atoms with Crippen LogP contribution in [0.15, 0.2) is 29.2 Å². The van der Waals surface area contributed by atoms with Crippen LogP contribution in [0.2, 0.25) is 0 Å². The first-order valence-electron chi connectivity index (χ1n) is 7.55. The first kappa shape index (κ1) is 20.7. The topological polar surface area (TPSA) is 88.3 Å². The molecule has 1 fully saturated rings. The second-order valence-corrected chi connectivity index (χ2v) is 7.42. The van der Waals surface area contributed by atoms with Crippen LogP contribution in [-0.2, 0) is 19.6 Å². The SMILES string of the molecule is [C-]#[N+]c1ccc(S(=O)(=O)N2CCN(C(=O)OC(C=O)C(F)(F)F)CC2)cc1. The van der Waals surface area contributed by atoms with Crippen LogP contribution in [0.1, 0.15) is 0 Å². The molecular weight excluding hydrogens is 391 g/mol. The molecule has 1 aromatic carbocycles. The average molecular weight is 405 g/mol. The lowest BCUT2D eigenvalue weighted by Crippen LogP contribution is -2.51. The number of carbonyl (C=O) groups is 2. The van der Waals surface area contributed by atoms with Crippen LogP contribution < -0.4 is 0 Å². The van der Waals surface area contributed by atoms with E-state index >= 15 is 0 Å². The Morgan fingerprint density at radius 2 is 1.74 bits per heavy atom. The average Bonchev–Trinajstić information content (AvgIpc) is 2.65. The number of amides is 1. The number of piperazine rings is 1. The summed E-state index contributed by atoms with van der Waals surface area (Å²) in [4.78, 5) is 26.2. The van der Waals surface area contributed by atoms with Gasteiger partial charge in [0.15, 0.2) is 12.0 Å². The maximum Gasteiger partial charge on any atom is 0.432 e. The number of alkyl halides is 3. The van der Waals surface area contributed by atoms with Gasteiger partial charge in [0.2, 0.25) is 10.0 Å². The van der Waals surface area contributed by atoms with Gasteiger partial charge < -0.3 is 9.64 Å². The number of hydrogen-bond donors (Lipinski definition) is 0. The highest BCUT2D eigenvalue weighted by molar-refractivity contribution is 7.89. The van der Waals surface area contributed by atoms with E-state index in [2.05, 4.69) is 9.58 Å². The van der Waals surface area contributed by atoms with E-state index in [0.717, 1.165) is 9.21 Å². The molecule has 1 heterocycles. The lowest BCUT2D eigenvalue weighted by atomic mass is 10.3. The van der Waals surface area contributed by atoms with Gasteiger partial charge in [-0.2, -0.15) is 17.5 Å². The minimum absolute atomic E-state index is 0.0379. The summed E-state index contributed by atoms with van der Waals surface area (Å²) >= 11 is 0. The third kappa shape index (κ3) is 4.75. The minimum atomic E-state index is -5.01. The Morgan fingerprint density at radius 1 is 1.19 bits per heavy atom. The van der Waals surface area contributed by atoms with Crippen LogP contribution in [0.3, 0.4) is 0 Å². The Balaban J connectivity index is 2.00. The van der Waals surface area contributed by atoms with Crippen molar-refractivity contribution in [3.05, 3.63) is 35.7 Å².